The zero-order valence-electron chi connectivity index (χ0n) is 20.9. The standard InChI is InChI=1S/C27H25ClN6O5/c1-38-24-13-20-18(12-21(24)33-26(35)22-6-4-10-34(22)27(36)37)25(31-15-30-20)32-16-7-8-23(19(28)11-16)39-14-17-5-2-3-9-29-17/h2-3,5,7-9,11-13,15,22H,4,6,10,14H2,1H3,(H,33,35)(H,36,37)(H,30,31,32)/t22-/m0/s1. The molecule has 2 aromatic carbocycles. The molecule has 3 heterocycles. The Morgan fingerprint density at radius 2 is 2.00 bits per heavy atom. The number of benzene rings is 2. The van der Waals surface area contributed by atoms with E-state index in [0.717, 1.165) is 10.6 Å². The van der Waals surface area contributed by atoms with Crippen molar-refractivity contribution < 1.29 is 24.2 Å². The molecule has 1 fully saturated rings. The number of nitrogens with one attached hydrogen (secondary N) is 2. The summed E-state index contributed by atoms with van der Waals surface area (Å²) in [6, 6.07) is 13.5. The number of hydrogen-bond acceptors (Lipinski definition) is 8. The summed E-state index contributed by atoms with van der Waals surface area (Å²) >= 11 is 6.47. The van der Waals surface area contributed by atoms with Gasteiger partial charge in [-0.3, -0.25) is 14.7 Å². The largest absolute Gasteiger partial charge is 0.494 e. The van der Waals surface area contributed by atoms with Crippen LogP contribution in [0.25, 0.3) is 10.9 Å². The molecule has 0 aliphatic carbocycles. The predicted molar refractivity (Wildman–Crippen MR) is 146 cm³/mol. The quantitative estimate of drug-likeness (QED) is 0.275. The molecule has 11 nitrogen and oxygen atoms in total. The molecule has 200 valence electrons. The molecule has 39 heavy (non-hydrogen) atoms. The third-order valence-corrected chi connectivity index (χ3v) is 6.61. The number of carboxylic acid groups (broad SMARTS) is 1. The first-order valence-corrected chi connectivity index (χ1v) is 12.5. The number of carbonyl (C=O) groups excluding carboxylic acids is 1. The maximum atomic E-state index is 13.0. The Hall–Kier alpha value is -4.64. The molecule has 1 saturated heterocycles. The van der Waals surface area contributed by atoms with Gasteiger partial charge < -0.3 is 25.2 Å². The molecule has 3 N–H and O–H groups in total. The highest BCUT2D eigenvalue weighted by atomic mass is 35.5. The number of pyridine rings is 1. The number of ether oxygens (including phenoxy) is 2. The van der Waals surface area contributed by atoms with Crippen LogP contribution in [0.2, 0.25) is 5.02 Å². The van der Waals surface area contributed by atoms with Gasteiger partial charge in [-0.1, -0.05) is 17.7 Å². The van der Waals surface area contributed by atoms with E-state index in [1.54, 1.807) is 36.5 Å². The number of aromatic nitrogens is 3. The van der Waals surface area contributed by atoms with Gasteiger partial charge in [-0.2, -0.15) is 0 Å². The highest BCUT2D eigenvalue weighted by Gasteiger charge is 2.34. The third-order valence-electron chi connectivity index (χ3n) is 6.31. The maximum Gasteiger partial charge on any atom is 0.407 e. The SMILES string of the molecule is COc1cc2ncnc(Nc3ccc(OCc4ccccn4)c(Cl)c3)c2cc1NC(=O)[C@@H]1CCCN1C(=O)O. The Balaban J connectivity index is 1.37. The van der Waals surface area contributed by atoms with E-state index in [1.807, 2.05) is 18.2 Å². The van der Waals surface area contributed by atoms with Gasteiger partial charge in [-0.15, -0.1) is 0 Å². The van der Waals surface area contributed by atoms with Crippen LogP contribution in [0.1, 0.15) is 18.5 Å². The highest BCUT2D eigenvalue weighted by Crippen LogP contribution is 2.35. The van der Waals surface area contributed by atoms with E-state index in [9.17, 15) is 14.7 Å². The summed E-state index contributed by atoms with van der Waals surface area (Å²) in [6.45, 7) is 0.602. The lowest BCUT2D eigenvalue weighted by atomic mass is 10.1. The number of methoxy groups -OCH3 is 1. The van der Waals surface area contributed by atoms with Gasteiger partial charge in [0.25, 0.3) is 0 Å². The molecule has 2 amide bonds. The topological polar surface area (TPSA) is 139 Å². The van der Waals surface area contributed by atoms with Gasteiger partial charge in [0.2, 0.25) is 5.91 Å². The van der Waals surface area contributed by atoms with Gasteiger partial charge in [0.15, 0.2) is 0 Å². The Morgan fingerprint density at radius 1 is 1.13 bits per heavy atom. The van der Waals surface area contributed by atoms with Crippen LogP contribution < -0.4 is 20.1 Å². The lowest BCUT2D eigenvalue weighted by Crippen LogP contribution is -2.42. The van der Waals surface area contributed by atoms with Gasteiger partial charge in [0.05, 0.1) is 29.0 Å². The number of anilines is 3. The molecule has 0 unspecified atom stereocenters. The summed E-state index contributed by atoms with van der Waals surface area (Å²) in [5, 5.41) is 16.5. The smallest absolute Gasteiger partial charge is 0.407 e. The van der Waals surface area contributed by atoms with Crippen LogP contribution in [0.4, 0.5) is 22.0 Å². The van der Waals surface area contributed by atoms with Crippen molar-refractivity contribution in [2.24, 2.45) is 0 Å². The molecule has 5 rings (SSSR count). The molecule has 0 saturated carbocycles. The van der Waals surface area contributed by atoms with E-state index in [2.05, 4.69) is 25.6 Å². The zero-order chi connectivity index (χ0) is 27.4. The molecule has 0 radical (unpaired) electrons. The third kappa shape index (κ3) is 5.78. The monoisotopic (exact) mass is 548 g/mol. The van der Waals surface area contributed by atoms with Crippen molar-refractivity contribution >= 4 is 51.7 Å². The van der Waals surface area contributed by atoms with E-state index in [0.29, 0.717) is 64.0 Å². The van der Waals surface area contributed by atoms with E-state index in [1.165, 1.54) is 13.4 Å². The Kier molecular flexibility index (Phi) is 7.60. The molecule has 1 aliphatic heterocycles. The summed E-state index contributed by atoms with van der Waals surface area (Å²) in [5.74, 6) is 0.951. The first-order chi connectivity index (χ1) is 18.9. The molecule has 2 aromatic heterocycles. The molecule has 12 heteroatoms. The van der Waals surface area contributed by atoms with Crippen LogP contribution in [-0.2, 0) is 11.4 Å². The molecule has 4 aromatic rings. The zero-order valence-corrected chi connectivity index (χ0v) is 21.7. The minimum atomic E-state index is -1.12. The van der Waals surface area contributed by atoms with Crippen molar-refractivity contribution in [1.29, 1.82) is 0 Å². The first-order valence-electron chi connectivity index (χ1n) is 12.2. The average Bonchev–Trinajstić information content (AvgIpc) is 3.44. The predicted octanol–water partition coefficient (Wildman–Crippen LogP) is 5.09. The molecule has 0 bridgehead atoms. The number of nitrogens with zero attached hydrogens (tertiary/aromatic N) is 4. The van der Waals surface area contributed by atoms with Gasteiger partial charge in [-0.25, -0.2) is 14.8 Å². The number of halogens is 1. The van der Waals surface area contributed by atoms with Gasteiger partial charge in [0.1, 0.15) is 36.3 Å². The van der Waals surface area contributed by atoms with Gasteiger partial charge in [0, 0.05) is 29.9 Å². The van der Waals surface area contributed by atoms with E-state index in [4.69, 9.17) is 21.1 Å². The minimum Gasteiger partial charge on any atom is -0.494 e. The van der Waals surface area contributed by atoms with Crippen LogP contribution in [0, 0.1) is 0 Å². The van der Waals surface area contributed by atoms with Crippen LogP contribution in [0.3, 0.4) is 0 Å². The number of amides is 2. The van der Waals surface area contributed by atoms with Crippen LogP contribution in [-0.4, -0.2) is 56.7 Å². The number of fused-ring (bicyclic) bond motifs is 1. The molecular formula is C27H25ClN6O5. The van der Waals surface area contributed by atoms with E-state index in [-0.39, 0.29) is 6.61 Å². The van der Waals surface area contributed by atoms with E-state index < -0.39 is 18.0 Å². The average molecular weight is 549 g/mol. The molecule has 1 aliphatic rings. The Bertz CT molecular complexity index is 1520. The van der Waals surface area contributed by atoms with Crippen LogP contribution in [0.15, 0.2) is 61.1 Å². The Labute approximate surface area is 228 Å². The lowest BCUT2D eigenvalue weighted by molar-refractivity contribution is -0.119. The molecular weight excluding hydrogens is 524 g/mol. The molecule has 1 atom stereocenters. The van der Waals surface area contributed by atoms with Crippen molar-refractivity contribution in [3.05, 3.63) is 71.8 Å². The summed E-state index contributed by atoms with van der Waals surface area (Å²) in [4.78, 5) is 38.6. The summed E-state index contributed by atoms with van der Waals surface area (Å²) < 4.78 is 11.3. The van der Waals surface area contributed by atoms with Crippen molar-refractivity contribution in [1.82, 2.24) is 19.9 Å². The maximum absolute atomic E-state index is 13.0. The number of rotatable bonds is 8. The summed E-state index contributed by atoms with van der Waals surface area (Å²) in [7, 11) is 1.48. The van der Waals surface area contributed by atoms with Crippen molar-refractivity contribution in [3.63, 3.8) is 0 Å². The van der Waals surface area contributed by atoms with E-state index >= 15 is 0 Å². The van der Waals surface area contributed by atoms with Crippen molar-refractivity contribution in [2.75, 3.05) is 24.3 Å². The van der Waals surface area contributed by atoms with Crippen molar-refractivity contribution in [3.8, 4) is 11.5 Å². The second-order valence-corrected chi connectivity index (χ2v) is 9.20. The Morgan fingerprint density at radius 3 is 2.74 bits per heavy atom. The fourth-order valence-electron chi connectivity index (χ4n) is 4.40. The lowest BCUT2D eigenvalue weighted by Gasteiger charge is -2.21. The first kappa shape index (κ1) is 26.0. The summed E-state index contributed by atoms with van der Waals surface area (Å²) in [6.07, 6.45) is 3.07. The number of hydrogen-bond donors (Lipinski definition) is 3. The van der Waals surface area contributed by atoms with Crippen LogP contribution >= 0.6 is 11.6 Å². The van der Waals surface area contributed by atoms with Crippen molar-refractivity contribution in [2.45, 2.75) is 25.5 Å². The van der Waals surface area contributed by atoms with Gasteiger partial charge >= 0.3 is 6.09 Å². The fourth-order valence-corrected chi connectivity index (χ4v) is 4.64. The second-order valence-electron chi connectivity index (χ2n) is 8.80. The van der Waals surface area contributed by atoms with Crippen LogP contribution in [0.5, 0.6) is 11.5 Å². The molecule has 0 spiro atoms. The number of likely N-dealkylation sites (tertiary alicyclic amines) is 1. The number of carbonyl (C=O) groups is 2. The normalized spacial score (nSPS) is 14.7. The second kappa shape index (κ2) is 11.4. The summed E-state index contributed by atoms with van der Waals surface area (Å²) in [5.41, 5.74) is 2.40. The van der Waals surface area contributed by atoms with Gasteiger partial charge in [-0.05, 0) is 49.2 Å². The minimum absolute atomic E-state index is 0.283. The fraction of sp³-hybridized carbons (Fsp3) is 0.222. The highest BCUT2D eigenvalue weighted by molar-refractivity contribution is 6.32.